The molecule has 0 spiro atoms. The van der Waals surface area contributed by atoms with E-state index in [1.807, 2.05) is 97.9 Å². The smallest absolute Gasteiger partial charge is 0.316 e. The first-order valence-corrected chi connectivity index (χ1v) is 17.9. The quantitative estimate of drug-likeness (QED) is 0.182. The van der Waals surface area contributed by atoms with Gasteiger partial charge < -0.3 is 25.6 Å². The number of aliphatic hydroxyl groups is 2. The second-order valence-corrected chi connectivity index (χ2v) is 14.1. The summed E-state index contributed by atoms with van der Waals surface area (Å²) in [5.74, 6) is -0.316. The first-order chi connectivity index (χ1) is 23.3. The van der Waals surface area contributed by atoms with Crippen molar-refractivity contribution in [2.75, 3.05) is 13.2 Å². The zero-order valence-electron chi connectivity index (χ0n) is 28.0. The molecular formula is C40H51N3O5. The number of carbonyl (C=O) groups excluding carboxylic acids is 2. The fourth-order valence-electron chi connectivity index (χ4n) is 8.44. The molecule has 2 bridgehead atoms. The predicted molar refractivity (Wildman–Crippen MR) is 186 cm³/mol. The van der Waals surface area contributed by atoms with Crippen LogP contribution in [-0.2, 0) is 15.1 Å². The number of aliphatic hydroxyl groups excluding tert-OH is 1. The van der Waals surface area contributed by atoms with Crippen molar-refractivity contribution in [3.8, 4) is 0 Å². The summed E-state index contributed by atoms with van der Waals surface area (Å²) in [6.45, 7) is 2.67. The van der Waals surface area contributed by atoms with E-state index in [1.54, 1.807) is 0 Å². The summed E-state index contributed by atoms with van der Waals surface area (Å²) in [4.78, 5) is 28.8. The lowest BCUT2D eigenvalue weighted by molar-refractivity contribution is -0.155. The Hall–Kier alpha value is -3.72. The minimum absolute atomic E-state index is 0.0873. The number of hydrogen-bond acceptors (Lipinski definition) is 6. The van der Waals surface area contributed by atoms with Gasteiger partial charge >= 0.3 is 12.0 Å². The van der Waals surface area contributed by atoms with Crippen molar-refractivity contribution >= 4 is 12.0 Å². The molecular weight excluding hydrogens is 602 g/mol. The van der Waals surface area contributed by atoms with E-state index < -0.39 is 17.6 Å². The number of piperidine rings is 1. The lowest BCUT2D eigenvalue weighted by Crippen LogP contribution is -2.54. The fourth-order valence-corrected chi connectivity index (χ4v) is 8.44. The molecule has 2 unspecified atom stereocenters. The Kier molecular flexibility index (Phi) is 11.1. The highest BCUT2D eigenvalue weighted by molar-refractivity contribution is 5.78. The minimum atomic E-state index is -1.36. The van der Waals surface area contributed by atoms with Gasteiger partial charge in [0.2, 0.25) is 0 Å². The summed E-state index contributed by atoms with van der Waals surface area (Å²) in [6.07, 6.45) is 9.16. The van der Waals surface area contributed by atoms with Crippen molar-refractivity contribution in [2.45, 2.75) is 107 Å². The van der Waals surface area contributed by atoms with Crippen LogP contribution in [0.25, 0.3) is 0 Å². The van der Waals surface area contributed by atoms with Crippen LogP contribution in [0.15, 0.2) is 91.0 Å². The van der Waals surface area contributed by atoms with Gasteiger partial charge in [-0.2, -0.15) is 0 Å². The number of fused-ring (bicyclic) bond motifs is 2. The molecule has 256 valence electrons. The highest BCUT2D eigenvalue weighted by Crippen LogP contribution is 2.39. The number of carbonyl (C=O) groups is 2. The Morgan fingerprint density at radius 3 is 1.92 bits per heavy atom. The molecule has 3 aromatic carbocycles. The van der Waals surface area contributed by atoms with Crippen LogP contribution >= 0.6 is 0 Å². The Morgan fingerprint density at radius 2 is 1.38 bits per heavy atom. The van der Waals surface area contributed by atoms with Crippen molar-refractivity contribution in [2.24, 2.45) is 5.92 Å². The summed E-state index contributed by atoms with van der Waals surface area (Å²) in [7, 11) is 0. The number of hydrogen-bond donors (Lipinski definition) is 4. The van der Waals surface area contributed by atoms with Gasteiger partial charge in [0.05, 0.1) is 12.6 Å². The first kappa shape index (κ1) is 34.2. The van der Waals surface area contributed by atoms with Gasteiger partial charge in [0.15, 0.2) is 0 Å². The van der Waals surface area contributed by atoms with Crippen molar-refractivity contribution in [1.29, 1.82) is 0 Å². The number of esters is 1. The van der Waals surface area contributed by atoms with Crippen LogP contribution in [0.1, 0.15) is 87.3 Å². The normalized spacial score (nSPS) is 25.5. The largest absolute Gasteiger partial charge is 0.462 e. The monoisotopic (exact) mass is 653 g/mol. The van der Waals surface area contributed by atoms with E-state index >= 15 is 0 Å². The molecule has 3 aromatic rings. The second-order valence-electron chi connectivity index (χ2n) is 14.1. The van der Waals surface area contributed by atoms with Crippen LogP contribution in [0, 0.1) is 5.92 Å². The molecule has 8 nitrogen and oxygen atoms in total. The average Bonchev–Trinajstić information content (AvgIpc) is 3.36. The van der Waals surface area contributed by atoms with Crippen molar-refractivity contribution in [3.05, 3.63) is 108 Å². The maximum Gasteiger partial charge on any atom is 0.316 e. The van der Waals surface area contributed by atoms with Gasteiger partial charge in [0.1, 0.15) is 17.6 Å². The summed E-state index contributed by atoms with van der Waals surface area (Å²) in [5.41, 5.74) is 0.906. The SMILES string of the molecule is C[C@H](NC(=O)N[C@H]1CC[C@H](CCN2[C@@H]3CC[C@H]2CC(OC(=O)C(CO)c2ccccc2)C3)CC1)C(O)(c1ccccc1)c1ccccc1. The van der Waals surface area contributed by atoms with Crippen molar-refractivity contribution < 1.29 is 24.5 Å². The van der Waals surface area contributed by atoms with E-state index in [0.717, 1.165) is 81.0 Å². The zero-order chi connectivity index (χ0) is 33.5. The van der Waals surface area contributed by atoms with Gasteiger partial charge in [0.25, 0.3) is 0 Å². The maximum absolute atomic E-state index is 13.2. The number of nitrogens with zero attached hydrogens (tertiary/aromatic N) is 1. The van der Waals surface area contributed by atoms with E-state index in [-0.39, 0.29) is 30.8 Å². The molecule has 2 saturated heterocycles. The molecule has 2 heterocycles. The van der Waals surface area contributed by atoms with Crippen molar-refractivity contribution in [3.63, 3.8) is 0 Å². The molecule has 0 radical (unpaired) electrons. The van der Waals surface area contributed by atoms with Crippen LogP contribution in [0.2, 0.25) is 0 Å². The van der Waals surface area contributed by atoms with E-state index in [1.165, 1.54) is 0 Å². The topological polar surface area (TPSA) is 111 Å². The van der Waals surface area contributed by atoms with Gasteiger partial charge in [-0.05, 0) is 81.0 Å². The third-order valence-corrected chi connectivity index (χ3v) is 11.2. The first-order valence-electron chi connectivity index (χ1n) is 17.9. The van der Waals surface area contributed by atoms with E-state index in [2.05, 4.69) is 15.5 Å². The molecule has 1 saturated carbocycles. The number of nitrogens with one attached hydrogen (secondary N) is 2. The van der Waals surface area contributed by atoms with Gasteiger partial charge in [-0.15, -0.1) is 0 Å². The van der Waals surface area contributed by atoms with Gasteiger partial charge in [-0.3, -0.25) is 9.69 Å². The maximum atomic E-state index is 13.2. The number of urea groups is 1. The lowest BCUT2D eigenvalue weighted by Gasteiger charge is -2.40. The standard InChI is InChI=1S/C40H51N3O5/c1-28(40(47,31-13-7-3-8-14-31)32-15-9-4-10-16-32)41-39(46)42-33-19-17-29(18-20-33)23-24-43-34-21-22-35(43)26-36(25-34)48-38(45)37(27-44)30-11-5-2-6-12-30/h2-16,28-29,33-37,44,47H,17-27H2,1H3,(H2,41,42,46)/t28-,29-,33-,34-,35+,36?,37?/m0/s1. The Balaban J connectivity index is 0.940. The molecule has 6 rings (SSSR count). The third kappa shape index (κ3) is 7.77. The van der Waals surface area contributed by atoms with Crippen LogP contribution in [0.4, 0.5) is 4.79 Å². The molecule has 8 heteroatoms. The predicted octanol–water partition coefficient (Wildman–Crippen LogP) is 5.87. The van der Waals surface area contributed by atoms with Gasteiger partial charge in [-0.25, -0.2) is 4.79 Å². The molecule has 1 aliphatic carbocycles. The van der Waals surface area contributed by atoms with Crippen LogP contribution in [0.5, 0.6) is 0 Å². The molecule has 5 atom stereocenters. The van der Waals surface area contributed by atoms with E-state index in [4.69, 9.17) is 4.74 Å². The highest BCUT2D eigenvalue weighted by Gasteiger charge is 2.43. The van der Waals surface area contributed by atoms with Crippen LogP contribution in [-0.4, -0.2) is 70.5 Å². The van der Waals surface area contributed by atoms with E-state index in [0.29, 0.717) is 18.0 Å². The molecule has 2 amide bonds. The number of amides is 2. The summed E-state index contributed by atoms with van der Waals surface area (Å²) >= 11 is 0. The second kappa shape index (κ2) is 15.7. The van der Waals surface area contributed by atoms with Crippen LogP contribution < -0.4 is 10.6 Å². The molecule has 3 fully saturated rings. The highest BCUT2D eigenvalue weighted by atomic mass is 16.5. The third-order valence-electron chi connectivity index (χ3n) is 11.2. The summed E-state index contributed by atoms with van der Waals surface area (Å²) in [5, 5.41) is 28.1. The number of ether oxygens (including phenoxy) is 1. The fraction of sp³-hybridized carbons (Fsp3) is 0.500. The Morgan fingerprint density at radius 1 is 0.833 bits per heavy atom. The molecule has 3 aliphatic rings. The number of rotatable bonds is 12. The summed E-state index contributed by atoms with van der Waals surface area (Å²) < 4.78 is 5.97. The van der Waals surface area contributed by atoms with Gasteiger partial charge in [0, 0.05) is 31.0 Å². The van der Waals surface area contributed by atoms with Gasteiger partial charge in [-0.1, -0.05) is 91.0 Å². The van der Waals surface area contributed by atoms with E-state index in [9.17, 15) is 19.8 Å². The molecule has 4 N–H and O–H groups in total. The van der Waals surface area contributed by atoms with Crippen LogP contribution in [0.3, 0.4) is 0 Å². The molecule has 0 aromatic heterocycles. The summed E-state index contributed by atoms with van der Waals surface area (Å²) in [6, 6.07) is 28.6. The molecule has 48 heavy (non-hydrogen) atoms. The average molecular weight is 654 g/mol. The number of benzene rings is 3. The minimum Gasteiger partial charge on any atom is -0.462 e. The zero-order valence-corrected chi connectivity index (χ0v) is 28.0. The molecule has 2 aliphatic heterocycles. The Bertz CT molecular complexity index is 1410. The van der Waals surface area contributed by atoms with Crippen molar-refractivity contribution in [1.82, 2.24) is 15.5 Å². The lowest BCUT2D eigenvalue weighted by atomic mass is 9.81. The Labute approximate surface area is 284 Å².